The predicted molar refractivity (Wildman–Crippen MR) is 143 cm³/mol. The van der Waals surface area contributed by atoms with Crippen molar-refractivity contribution in [3.63, 3.8) is 0 Å². The molecule has 3 N–H and O–H groups in total. The Morgan fingerprint density at radius 1 is 1.24 bits per heavy atom. The molecule has 1 aromatic heterocycles. The maximum Gasteiger partial charge on any atom is 0.323 e. The second-order valence-corrected chi connectivity index (χ2v) is 10.2. The number of esters is 1. The number of carbonyl (C=O) groups is 1. The van der Waals surface area contributed by atoms with Gasteiger partial charge < -0.3 is 30.0 Å². The van der Waals surface area contributed by atoms with Crippen molar-refractivity contribution >= 4 is 22.6 Å². The fourth-order valence-corrected chi connectivity index (χ4v) is 4.92. The lowest BCUT2D eigenvalue weighted by molar-refractivity contribution is -0.144. The van der Waals surface area contributed by atoms with E-state index in [9.17, 15) is 18.5 Å². The van der Waals surface area contributed by atoms with E-state index in [-0.39, 0.29) is 39.9 Å². The van der Waals surface area contributed by atoms with Crippen LogP contribution in [0.5, 0.6) is 28.9 Å². The lowest BCUT2D eigenvalue weighted by Crippen LogP contribution is -2.37. The average Bonchev–Trinajstić information content (AvgIpc) is 3.39. The van der Waals surface area contributed by atoms with Crippen molar-refractivity contribution in [1.82, 2.24) is 9.88 Å². The number of amidine groups is 1. The molecule has 2 aromatic carbocycles. The zero-order valence-electron chi connectivity index (χ0n) is 22.0. The van der Waals surface area contributed by atoms with Crippen LogP contribution in [-0.4, -0.2) is 69.5 Å². The van der Waals surface area contributed by atoms with Crippen molar-refractivity contribution in [2.75, 3.05) is 32.5 Å². The standard InChI is InChI=1S/C27H25F2N5O6S/c1-3-38-27(36)19(31)14-41(37)16-5-7-21(17(11-16)25-32-8-9-34(25)2)39-24-18(28)13-33-26(23(24)29)40-22-10-15(12-30)4-6-20(22)35/h4-7,10-11,13,19,35H,3,8-9,14,31H2,1-2H3. The molecule has 0 fully saturated rings. The number of nitriles is 1. The molecule has 2 atom stereocenters. The van der Waals surface area contributed by atoms with Gasteiger partial charge >= 0.3 is 5.97 Å². The summed E-state index contributed by atoms with van der Waals surface area (Å²) in [6.07, 6.45) is 0.679. The minimum atomic E-state index is -1.73. The van der Waals surface area contributed by atoms with Crippen LogP contribution in [0.1, 0.15) is 18.1 Å². The number of ether oxygens (including phenoxy) is 3. The number of phenolic OH excluding ortho intramolecular Hbond substituents is 1. The second-order valence-electron chi connectivity index (χ2n) is 8.71. The molecule has 1 aliphatic rings. The first kappa shape index (κ1) is 29.4. The quantitative estimate of drug-likeness (QED) is 0.338. The molecule has 0 radical (unpaired) electrons. The number of aromatic hydroxyl groups is 1. The Balaban J connectivity index is 1.68. The maximum atomic E-state index is 15.4. The van der Waals surface area contributed by atoms with E-state index in [0.29, 0.717) is 25.1 Å². The number of rotatable bonds is 10. The van der Waals surface area contributed by atoms with Crippen LogP contribution in [-0.2, 0) is 20.3 Å². The third kappa shape index (κ3) is 6.59. The van der Waals surface area contributed by atoms with Gasteiger partial charge in [-0.15, -0.1) is 0 Å². The molecule has 41 heavy (non-hydrogen) atoms. The van der Waals surface area contributed by atoms with Crippen molar-refractivity contribution < 1.29 is 37.1 Å². The first-order chi connectivity index (χ1) is 19.6. The van der Waals surface area contributed by atoms with E-state index < -0.39 is 51.8 Å². The summed E-state index contributed by atoms with van der Waals surface area (Å²) in [5.41, 5.74) is 6.25. The number of aromatic nitrogens is 1. The van der Waals surface area contributed by atoms with Crippen LogP contribution >= 0.6 is 0 Å². The second kappa shape index (κ2) is 12.7. The molecular formula is C27H25F2N5O6S. The third-order valence-electron chi connectivity index (χ3n) is 5.84. The van der Waals surface area contributed by atoms with Gasteiger partial charge in [0.1, 0.15) is 17.6 Å². The highest BCUT2D eigenvalue weighted by atomic mass is 32.2. The molecule has 214 valence electrons. The Morgan fingerprint density at radius 3 is 2.71 bits per heavy atom. The van der Waals surface area contributed by atoms with Crippen LogP contribution in [0.3, 0.4) is 0 Å². The van der Waals surface area contributed by atoms with Crippen LogP contribution in [0.25, 0.3) is 0 Å². The lowest BCUT2D eigenvalue weighted by atomic mass is 10.1. The zero-order valence-corrected chi connectivity index (χ0v) is 22.8. The third-order valence-corrected chi connectivity index (χ3v) is 7.28. The topological polar surface area (TPSA) is 160 Å². The number of carbonyl (C=O) groups excluding carboxylic acids is 1. The summed E-state index contributed by atoms with van der Waals surface area (Å²) in [5, 5.41) is 19.1. The van der Waals surface area contributed by atoms with Crippen LogP contribution in [0.4, 0.5) is 8.78 Å². The molecule has 4 rings (SSSR count). The van der Waals surface area contributed by atoms with Crippen molar-refractivity contribution in [3.8, 4) is 34.9 Å². The van der Waals surface area contributed by atoms with Crippen LogP contribution in [0.2, 0.25) is 0 Å². The van der Waals surface area contributed by atoms with E-state index in [1.54, 1.807) is 18.9 Å². The molecule has 0 saturated carbocycles. The van der Waals surface area contributed by atoms with E-state index in [1.165, 1.54) is 36.4 Å². The SMILES string of the molecule is CCOC(=O)C(N)CS(=O)c1ccc(Oc2c(F)cnc(Oc3cc(C#N)ccc3O)c2F)c(C2=NCCN2C)c1. The van der Waals surface area contributed by atoms with Gasteiger partial charge in [0.15, 0.2) is 17.3 Å². The number of hydrogen-bond acceptors (Lipinski definition) is 11. The number of phenols is 1. The van der Waals surface area contributed by atoms with E-state index in [4.69, 9.17) is 25.2 Å². The van der Waals surface area contributed by atoms with E-state index in [1.807, 2.05) is 6.07 Å². The largest absolute Gasteiger partial charge is 0.504 e. The maximum absolute atomic E-state index is 15.4. The lowest BCUT2D eigenvalue weighted by Gasteiger charge is -2.19. The van der Waals surface area contributed by atoms with Crippen molar-refractivity contribution in [3.05, 3.63) is 65.4 Å². The van der Waals surface area contributed by atoms with Gasteiger partial charge in [0.25, 0.3) is 5.88 Å². The van der Waals surface area contributed by atoms with E-state index >= 15 is 4.39 Å². The molecule has 0 aliphatic carbocycles. The predicted octanol–water partition coefficient (Wildman–Crippen LogP) is 3.21. The number of hydrogen-bond donors (Lipinski definition) is 2. The van der Waals surface area contributed by atoms with Crippen LogP contribution < -0.4 is 15.2 Å². The number of nitrogens with zero attached hydrogens (tertiary/aromatic N) is 4. The molecule has 2 heterocycles. The summed E-state index contributed by atoms with van der Waals surface area (Å²) in [4.78, 5) is 22.0. The molecule has 0 amide bonds. The van der Waals surface area contributed by atoms with Crippen molar-refractivity contribution in [2.24, 2.45) is 10.7 Å². The van der Waals surface area contributed by atoms with E-state index in [2.05, 4.69) is 9.98 Å². The molecule has 14 heteroatoms. The van der Waals surface area contributed by atoms with Gasteiger partial charge in [-0.2, -0.15) is 9.65 Å². The molecule has 2 unspecified atom stereocenters. The number of aliphatic imine (C=N–C) groups is 1. The summed E-state index contributed by atoms with van der Waals surface area (Å²) in [6.45, 7) is 2.78. The van der Waals surface area contributed by atoms with Crippen LogP contribution in [0, 0.1) is 23.0 Å². The summed E-state index contributed by atoms with van der Waals surface area (Å²) < 4.78 is 59.2. The molecule has 0 saturated heterocycles. The Morgan fingerprint density at radius 2 is 2.02 bits per heavy atom. The van der Waals surface area contributed by atoms with E-state index in [0.717, 1.165) is 0 Å². The van der Waals surface area contributed by atoms with Crippen LogP contribution in [0.15, 0.2) is 52.5 Å². The Bertz CT molecular complexity index is 1580. The minimum Gasteiger partial charge on any atom is -0.504 e. The van der Waals surface area contributed by atoms with Gasteiger partial charge in [-0.05, 0) is 37.3 Å². The summed E-state index contributed by atoms with van der Waals surface area (Å²) in [6, 6.07) is 8.70. The first-order valence-corrected chi connectivity index (χ1v) is 13.6. The zero-order chi connectivity index (χ0) is 29.7. The van der Waals surface area contributed by atoms with Gasteiger partial charge in [0, 0.05) is 24.6 Å². The molecule has 3 aromatic rings. The van der Waals surface area contributed by atoms with Crippen molar-refractivity contribution in [1.29, 1.82) is 5.26 Å². The Labute approximate surface area is 236 Å². The van der Waals surface area contributed by atoms with Crippen molar-refractivity contribution in [2.45, 2.75) is 17.9 Å². The average molecular weight is 586 g/mol. The monoisotopic (exact) mass is 585 g/mol. The van der Waals surface area contributed by atoms with Gasteiger partial charge in [-0.1, -0.05) is 0 Å². The highest BCUT2D eigenvalue weighted by molar-refractivity contribution is 7.85. The molecule has 1 aliphatic heterocycles. The first-order valence-electron chi connectivity index (χ1n) is 12.3. The van der Waals surface area contributed by atoms with Gasteiger partial charge in [-0.25, -0.2) is 9.37 Å². The summed E-state index contributed by atoms with van der Waals surface area (Å²) in [5.74, 6) is -5.18. The Hall–Kier alpha value is -4.61. The smallest absolute Gasteiger partial charge is 0.323 e. The number of halogens is 2. The van der Waals surface area contributed by atoms with Gasteiger partial charge in [0.05, 0.1) is 53.1 Å². The number of pyridine rings is 1. The Kier molecular flexibility index (Phi) is 9.10. The molecule has 11 nitrogen and oxygen atoms in total. The van der Waals surface area contributed by atoms with Gasteiger partial charge in [0.2, 0.25) is 11.6 Å². The normalized spacial score (nSPS) is 14.1. The molecule has 0 bridgehead atoms. The summed E-state index contributed by atoms with van der Waals surface area (Å²) >= 11 is 0. The summed E-state index contributed by atoms with van der Waals surface area (Å²) in [7, 11) is 0.0273. The highest BCUT2D eigenvalue weighted by Gasteiger charge is 2.26. The fourth-order valence-electron chi connectivity index (χ4n) is 3.79. The van der Waals surface area contributed by atoms with Gasteiger partial charge in [-0.3, -0.25) is 14.0 Å². The minimum absolute atomic E-state index is 0.0165. The number of likely N-dealkylation sites (N-methyl/N-ethyl adjacent to an activating group) is 1. The highest BCUT2D eigenvalue weighted by Crippen LogP contribution is 2.38. The number of benzene rings is 2. The molecule has 0 spiro atoms. The molecular weight excluding hydrogens is 560 g/mol. The fraction of sp³-hybridized carbons (Fsp3) is 0.259. The number of nitrogens with two attached hydrogens (primary N) is 1.